The summed E-state index contributed by atoms with van der Waals surface area (Å²) in [5.74, 6) is 6.39. The van der Waals surface area contributed by atoms with Gasteiger partial charge in [0.2, 0.25) is 0 Å². The van der Waals surface area contributed by atoms with Crippen LogP contribution in [-0.4, -0.2) is 17.3 Å². The second-order valence-corrected chi connectivity index (χ2v) is 3.55. The number of aromatic nitrogens is 2. The van der Waals surface area contributed by atoms with Crippen LogP contribution >= 0.6 is 0 Å². The monoisotopic (exact) mass is 230 g/mol. The Bertz CT molecular complexity index is 475. The number of methoxy groups -OCH3 is 1. The van der Waals surface area contributed by atoms with Crippen LogP contribution in [0.1, 0.15) is 17.2 Å². The maximum atomic E-state index is 5.59. The van der Waals surface area contributed by atoms with Crippen molar-refractivity contribution in [3.05, 3.63) is 53.9 Å². The average molecular weight is 230 g/mol. The molecule has 0 aliphatic heterocycles. The fourth-order valence-corrected chi connectivity index (χ4v) is 1.68. The van der Waals surface area contributed by atoms with Gasteiger partial charge in [-0.25, -0.2) is 5.43 Å². The summed E-state index contributed by atoms with van der Waals surface area (Å²) in [6.45, 7) is 0. The van der Waals surface area contributed by atoms with Gasteiger partial charge in [-0.05, 0) is 29.3 Å². The molecule has 1 atom stereocenters. The summed E-state index contributed by atoms with van der Waals surface area (Å²) in [7, 11) is 1.64. The zero-order valence-electron chi connectivity index (χ0n) is 9.50. The SMILES string of the molecule is COc1cccc(C(NN)c2ccnnc2)c1. The van der Waals surface area contributed by atoms with Crippen molar-refractivity contribution in [3.8, 4) is 5.75 Å². The van der Waals surface area contributed by atoms with Crippen molar-refractivity contribution in [2.45, 2.75) is 6.04 Å². The lowest BCUT2D eigenvalue weighted by Gasteiger charge is -2.16. The van der Waals surface area contributed by atoms with Crippen molar-refractivity contribution in [2.24, 2.45) is 5.84 Å². The molecule has 5 heteroatoms. The lowest BCUT2D eigenvalue weighted by Crippen LogP contribution is -2.28. The topological polar surface area (TPSA) is 73.1 Å². The molecule has 2 rings (SSSR count). The number of nitrogens with two attached hydrogens (primary N) is 1. The lowest BCUT2D eigenvalue weighted by molar-refractivity contribution is 0.413. The molecular formula is C12H14N4O. The molecule has 0 aliphatic carbocycles. The molecule has 1 unspecified atom stereocenters. The Kier molecular flexibility index (Phi) is 3.64. The number of rotatable bonds is 4. The molecule has 1 heterocycles. The Morgan fingerprint density at radius 3 is 2.76 bits per heavy atom. The molecular weight excluding hydrogens is 216 g/mol. The lowest BCUT2D eigenvalue weighted by atomic mass is 10.0. The minimum atomic E-state index is -0.124. The van der Waals surface area contributed by atoms with E-state index in [-0.39, 0.29) is 6.04 Å². The van der Waals surface area contributed by atoms with Crippen LogP contribution in [-0.2, 0) is 0 Å². The second-order valence-electron chi connectivity index (χ2n) is 3.55. The van der Waals surface area contributed by atoms with Crippen molar-refractivity contribution in [2.75, 3.05) is 7.11 Å². The Balaban J connectivity index is 2.35. The number of nitrogens with zero attached hydrogens (tertiary/aromatic N) is 2. The normalized spacial score (nSPS) is 12.1. The first kappa shape index (κ1) is 11.5. The molecule has 0 saturated heterocycles. The van der Waals surface area contributed by atoms with Gasteiger partial charge in [0.15, 0.2) is 0 Å². The highest BCUT2D eigenvalue weighted by atomic mass is 16.5. The molecule has 2 aromatic rings. The first-order valence-corrected chi connectivity index (χ1v) is 5.22. The molecule has 3 N–H and O–H groups in total. The van der Waals surface area contributed by atoms with Gasteiger partial charge in [-0.1, -0.05) is 12.1 Å². The molecule has 1 aromatic heterocycles. The molecule has 0 fully saturated rings. The van der Waals surface area contributed by atoms with E-state index < -0.39 is 0 Å². The van der Waals surface area contributed by atoms with E-state index in [0.717, 1.165) is 16.9 Å². The highest BCUT2D eigenvalue weighted by Gasteiger charge is 2.12. The van der Waals surface area contributed by atoms with E-state index >= 15 is 0 Å². The predicted molar refractivity (Wildman–Crippen MR) is 64.2 cm³/mol. The maximum Gasteiger partial charge on any atom is 0.119 e. The number of hydrazine groups is 1. The van der Waals surface area contributed by atoms with E-state index in [9.17, 15) is 0 Å². The highest BCUT2D eigenvalue weighted by Crippen LogP contribution is 2.23. The summed E-state index contributed by atoms with van der Waals surface area (Å²) in [6.07, 6.45) is 3.32. The van der Waals surface area contributed by atoms with Gasteiger partial charge in [-0.15, -0.1) is 0 Å². The van der Waals surface area contributed by atoms with Crippen LogP contribution in [0.15, 0.2) is 42.7 Å². The number of nitrogens with one attached hydrogen (secondary N) is 1. The zero-order valence-corrected chi connectivity index (χ0v) is 9.50. The van der Waals surface area contributed by atoms with Gasteiger partial charge in [0.05, 0.1) is 19.3 Å². The van der Waals surface area contributed by atoms with Gasteiger partial charge in [-0.3, -0.25) is 5.84 Å². The zero-order chi connectivity index (χ0) is 12.1. The molecule has 0 radical (unpaired) electrons. The van der Waals surface area contributed by atoms with Crippen LogP contribution in [0.3, 0.4) is 0 Å². The van der Waals surface area contributed by atoms with Gasteiger partial charge in [-0.2, -0.15) is 10.2 Å². The Labute approximate surface area is 99.6 Å². The third kappa shape index (κ3) is 2.58. The van der Waals surface area contributed by atoms with Crippen molar-refractivity contribution in [3.63, 3.8) is 0 Å². The van der Waals surface area contributed by atoms with Crippen molar-refractivity contribution in [1.29, 1.82) is 0 Å². The van der Waals surface area contributed by atoms with E-state index in [0.29, 0.717) is 0 Å². The Morgan fingerprint density at radius 2 is 2.12 bits per heavy atom. The molecule has 0 spiro atoms. The number of hydrogen-bond donors (Lipinski definition) is 2. The molecule has 0 amide bonds. The minimum absolute atomic E-state index is 0.124. The maximum absolute atomic E-state index is 5.59. The Hall–Kier alpha value is -1.98. The quantitative estimate of drug-likeness (QED) is 0.606. The van der Waals surface area contributed by atoms with Crippen molar-refractivity contribution >= 4 is 0 Å². The third-order valence-electron chi connectivity index (χ3n) is 2.53. The smallest absolute Gasteiger partial charge is 0.119 e. The first-order chi connectivity index (χ1) is 8.35. The van der Waals surface area contributed by atoms with Crippen molar-refractivity contribution in [1.82, 2.24) is 15.6 Å². The molecule has 1 aromatic carbocycles. The van der Waals surface area contributed by atoms with E-state index in [4.69, 9.17) is 10.6 Å². The summed E-state index contributed by atoms with van der Waals surface area (Å²) in [5.41, 5.74) is 4.73. The van der Waals surface area contributed by atoms with E-state index in [1.807, 2.05) is 30.3 Å². The summed E-state index contributed by atoms with van der Waals surface area (Å²) in [5, 5.41) is 7.59. The Morgan fingerprint density at radius 1 is 1.24 bits per heavy atom. The number of benzene rings is 1. The molecule has 0 saturated carbocycles. The minimum Gasteiger partial charge on any atom is -0.497 e. The summed E-state index contributed by atoms with van der Waals surface area (Å²) in [6, 6.07) is 9.48. The summed E-state index contributed by atoms with van der Waals surface area (Å²) >= 11 is 0. The standard InChI is InChI=1S/C12H14N4O/c1-17-11-4-2-3-9(7-11)12(16-13)10-5-6-14-15-8-10/h2-8,12,16H,13H2,1H3. The summed E-state index contributed by atoms with van der Waals surface area (Å²) < 4.78 is 5.19. The molecule has 0 aliphatic rings. The highest BCUT2D eigenvalue weighted by molar-refractivity contribution is 5.35. The van der Waals surface area contributed by atoms with Gasteiger partial charge in [0, 0.05) is 6.20 Å². The molecule has 0 bridgehead atoms. The number of hydrogen-bond acceptors (Lipinski definition) is 5. The van der Waals surface area contributed by atoms with Crippen molar-refractivity contribution < 1.29 is 4.74 Å². The van der Waals surface area contributed by atoms with Crippen LogP contribution in [0.4, 0.5) is 0 Å². The summed E-state index contributed by atoms with van der Waals surface area (Å²) in [4.78, 5) is 0. The van der Waals surface area contributed by atoms with E-state index in [1.54, 1.807) is 19.5 Å². The fourth-order valence-electron chi connectivity index (χ4n) is 1.68. The van der Waals surface area contributed by atoms with Crippen LogP contribution in [0, 0.1) is 0 Å². The van der Waals surface area contributed by atoms with Gasteiger partial charge >= 0.3 is 0 Å². The molecule has 17 heavy (non-hydrogen) atoms. The van der Waals surface area contributed by atoms with Crippen LogP contribution < -0.4 is 16.0 Å². The first-order valence-electron chi connectivity index (χ1n) is 5.22. The fraction of sp³-hybridized carbons (Fsp3) is 0.167. The van der Waals surface area contributed by atoms with Gasteiger partial charge in [0.1, 0.15) is 5.75 Å². The van der Waals surface area contributed by atoms with Crippen LogP contribution in [0.25, 0.3) is 0 Å². The molecule has 5 nitrogen and oxygen atoms in total. The van der Waals surface area contributed by atoms with Crippen LogP contribution in [0.5, 0.6) is 5.75 Å². The largest absolute Gasteiger partial charge is 0.497 e. The predicted octanol–water partition coefficient (Wildman–Crippen LogP) is 1.04. The van der Waals surface area contributed by atoms with E-state index in [1.165, 1.54) is 0 Å². The van der Waals surface area contributed by atoms with Gasteiger partial charge < -0.3 is 4.74 Å². The van der Waals surface area contributed by atoms with E-state index in [2.05, 4.69) is 15.6 Å². The average Bonchev–Trinajstić information content (AvgIpc) is 2.41. The van der Waals surface area contributed by atoms with Crippen LogP contribution in [0.2, 0.25) is 0 Å². The van der Waals surface area contributed by atoms with Gasteiger partial charge in [0.25, 0.3) is 0 Å². The second kappa shape index (κ2) is 5.38. The third-order valence-corrected chi connectivity index (χ3v) is 2.53. The number of ether oxygens (including phenoxy) is 1. The molecule has 88 valence electrons.